The maximum atomic E-state index is 6.10. The lowest BCUT2D eigenvalue weighted by Crippen LogP contribution is -2.30. The van der Waals surface area contributed by atoms with E-state index in [0.717, 1.165) is 30.7 Å². The van der Waals surface area contributed by atoms with Crippen LogP contribution in [0.15, 0.2) is 24.3 Å². The zero-order valence-corrected chi connectivity index (χ0v) is 11.8. The second kappa shape index (κ2) is 6.68. The Balaban J connectivity index is 2.23. The van der Waals surface area contributed by atoms with Gasteiger partial charge >= 0.3 is 0 Å². The average molecular weight is 261 g/mol. The summed E-state index contributed by atoms with van der Waals surface area (Å²) in [6.07, 6.45) is 1.85. The molecule has 4 heteroatoms. The van der Waals surface area contributed by atoms with Crippen molar-refractivity contribution in [1.82, 2.24) is 9.55 Å². The summed E-state index contributed by atoms with van der Waals surface area (Å²) >= 11 is 0. The molecule has 0 saturated heterocycles. The Kier molecular flexibility index (Phi) is 4.93. The summed E-state index contributed by atoms with van der Waals surface area (Å²) in [5, 5.41) is 0. The van der Waals surface area contributed by atoms with Crippen LogP contribution in [0.1, 0.15) is 26.1 Å². The lowest BCUT2D eigenvalue weighted by molar-refractivity contribution is 0.132. The molecule has 0 aliphatic rings. The van der Waals surface area contributed by atoms with Crippen molar-refractivity contribution in [3.8, 4) is 0 Å². The van der Waals surface area contributed by atoms with Gasteiger partial charge in [0.2, 0.25) is 0 Å². The van der Waals surface area contributed by atoms with Gasteiger partial charge < -0.3 is 15.0 Å². The minimum Gasteiger partial charge on any atom is -0.380 e. The van der Waals surface area contributed by atoms with Crippen molar-refractivity contribution in [3.05, 3.63) is 30.1 Å². The Morgan fingerprint density at radius 3 is 2.84 bits per heavy atom. The number of nitrogens with two attached hydrogens (primary N) is 1. The van der Waals surface area contributed by atoms with Gasteiger partial charge in [0.15, 0.2) is 0 Å². The van der Waals surface area contributed by atoms with E-state index in [4.69, 9.17) is 15.5 Å². The maximum Gasteiger partial charge on any atom is 0.111 e. The molecule has 0 spiro atoms. The topological polar surface area (TPSA) is 53.1 Å². The molecule has 0 fully saturated rings. The number of fused-ring (bicyclic) bond motifs is 1. The van der Waals surface area contributed by atoms with Crippen molar-refractivity contribution in [3.63, 3.8) is 0 Å². The van der Waals surface area contributed by atoms with Crippen LogP contribution in [0.2, 0.25) is 0 Å². The molecule has 1 atom stereocenters. The van der Waals surface area contributed by atoms with E-state index in [-0.39, 0.29) is 6.04 Å². The minimum atomic E-state index is 0.00682. The number of aromatic nitrogens is 2. The number of ether oxygens (including phenoxy) is 1. The number of rotatable bonds is 7. The molecule has 0 saturated carbocycles. The molecular weight excluding hydrogens is 238 g/mol. The molecule has 1 unspecified atom stereocenters. The Hall–Kier alpha value is -1.39. The summed E-state index contributed by atoms with van der Waals surface area (Å²) in [5.41, 5.74) is 8.35. The number of hydrogen-bond acceptors (Lipinski definition) is 3. The van der Waals surface area contributed by atoms with Crippen LogP contribution in [0.3, 0.4) is 0 Å². The first kappa shape index (κ1) is 14.0. The van der Waals surface area contributed by atoms with Gasteiger partial charge in [0, 0.05) is 25.6 Å². The van der Waals surface area contributed by atoms with Gasteiger partial charge in [0.1, 0.15) is 5.82 Å². The second-order valence-electron chi connectivity index (χ2n) is 4.79. The van der Waals surface area contributed by atoms with Gasteiger partial charge in [-0.25, -0.2) is 4.98 Å². The van der Waals surface area contributed by atoms with Crippen molar-refractivity contribution < 1.29 is 4.74 Å². The molecular formula is C15H23N3O. The third kappa shape index (κ3) is 3.33. The highest BCUT2D eigenvalue weighted by atomic mass is 16.5. The summed E-state index contributed by atoms with van der Waals surface area (Å²) in [5.74, 6) is 1.07. The molecule has 2 rings (SSSR count). The monoisotopic (exact) mass is 261 g/mol. The summed E-state index contributed by atoms with van der Waals surface area (Å²) < 4.78 is 7.66. The van der Waals surface area contributed by atoms with Crippen molar-refractivity contribution in [2.75, 3.05) is 13.2 Å². The predicted molar refractivity (Wildman–Crippen MR) is 78.2 cm³/mol. The van der Waals surface area contributed by atoms with E-state index in [1.54, 1.807) is 0 Å². The van der Waals surface area contributed by atoms with Gasteiger partial charge in [-0.2, -0.15) is 0 Å². The molecule has 0 bridgehead atoms. The molecule has 1 aromatic carbocycles. The molecule has 1 aromatic heterocycles. The molecule has 4 nitrogen and oxygen atoms in total. The van der Waals surface area contributed by atoms with Gasteiger partial charge in [-0.3, -0.25) is 0 Å². The second-order valence-corrected chi connectivity index (χ2v) is 4.79. The van der Waals surface area contributed by atoms with Crippen LogP contribution in [0.5, 0.6) is 0 Å². The summed E-state index contributed by atoms with van der Waals surface area (Å²) in [6, 6.07) is 8.26. The summed E-state index contributed by atoms with van der Waals surface area (Å²) in [4.78, 5) is 4.71. The van der Waals surface area contributed by atoms with Crippen molar-refractivity contribution in [1.29, 1.82) is 0 Å². The first-order valence-electron chi connectivity index (χ1n) is 7.03. The molecule has 1 heterocycles. The SMILES string of the molecule is CCCn1c(CC(N)COCC)nc2ccccc21. The summed E-state index contributed by atoms with van der Waals surface area (Å²) in [7, 11) is 0. The Bertz CT molecular complexity index is 521. The largest absolute Gasteiger partial charge is 0.380 e. The molecule has 104 valence electrons. The number of aryl methyl sites for hydroxylation is 1. The lowest BCUT2D eigenvalue weighted by Gasteiger charge is -2.13. The highest BCUT2D eigenvalue weighted by Crippen LogP contribution is 2.17. The van der Waals surface area contributed by atoms with Gasteiger partial charge in [-0.1, -0.05) is 19.1 Å². The zero-order valence-electron chi connectivity index (χ0n) is 11.8. The number of benzene rings is 1. The van der Waals surface area contributed by atoms with Crippen LogP contribution in [-0.2, 0) is 17.7 Å². The smallest absolute Gasteiger partial charge is 0.111 e. The van der Waals surface area contributed by atoms with E-state index in [0.29, 0.717) is 13.2 Å². The van der Waals surface area contributed by atoms with E-state index in [1.807, 2.05) is 13.0 Å². The van der Waals surface area contributed by atoms with Gasteiger partial charge in [0.05, 0.1) is 17.6 Å². The fraction of sp³-hybridized carbons (Fsp3) is 0.533. The number of hydrogen-bond donors (Lipinski definition) is 1. The lowest BCUT2D eigenvalue weighted by atomic mass is 10.2. The zero-order chi connectivity index (χ0) is 13.7. The predicted octanol–water partition coefficient (Wildman–Crippen LogP) is 2.35. The van der Waals surface area contributed by atoms with Crippen LogP contribution < -0.4 is 5.73 Å². The quantitative estimate of drug-likeness (QED) is 0.832. The fourth-order valence-corrected chi connectivity index (χ4v) is 2.32. The van der Waals surface area contributed by atoms with Crippen LogP contribution in [0.4, 0.5) is 0 Å². The maximum absolute atomic E-state index is 6.10. The van der Waals surface area contributed by atoms with Crippen LogP contribution in [0.25, 0.3) is 11.0 Å². The fourth-order valence-electron chi connectivity index (χ4n) is 2.32. The molecule has 0 aliphatic heterocycles. The molecule has 2 N–H and O–H groups in total. The van der Waals surface area contributed by atoms with Crippen LogP contribution >= 0.6 is 0 Å². The molecule has 2 aromatic rings. The normalized spacial score (nSPS) is 13.0. The van der Waals surface area contributed by atoms with Crippen LogP contribution in [0, 0.1) is 0 Å². The van der Waals surface area contributed by atoms with E-state index in [9.17, 15) is 0 Å². The van der Waals surface area contributed by atoms with Gasteiger partial charge in [-0.15, -0.1) is 0 Å². The first-order valence-corrected chi connectivity index (χ1v) is 7.03. The number of imidazole rings is 1. The van der Waals surface area contributed by atoms with E-state index in [1.165, 1.54) is 5.52 Å². The van der Waals surface area contributed by atoms with Gasteiger partial charge in [0.25, 0.3) is 0 Å². The van der Waals surface area contributed by atoms with Gasteiger partial charge in [-0.05, 0) is 25.5 Å². The molecule has 19 heavy (non-hydrogen) atoms. The molecule has 0 aliphatic carbocycles. The Labute approximate surface area is 114 Å². The molecule has 0 amide bonds. The minimum absolute atomic E-state index is 0.00682. The first-order chi connectivity index (χ1) is 9.26. The highest BCUT2D eigenvalue weighted by Gasteiger charge is 2.13. The van der Waals surface area contributed by atoms with E-state index >= 15 is 0 Å². The van der Waals surface area contributed by atoms with Crippen molar-refractivity contribution in [2.45, 2.75) is 39.3 Å². The average Bonchev–Trinajstić information content (AvgIpc) is 2.75. The number of nitrogens with zero attached hydrogens (tertiary/aromatic N) is 2. The van der Waals surface area contributed by atoms with E-state index < -0.39 is 0 Å². The van der Waals surface area contributed by atoms with E-state index in [2.05, 4.69) is 29.7 Å². The third-order valence-corrected chi connectivity index (χ3v) is 3.16. The van der Waals surface area contributed by atoms with Crippen LogP contribution in [-0.4, -0.2) is 28.8 Å². The summed E-state index contributed by atoms with van der Waals surface area (Å²) in [6.45, 7) is 6.44. The number of para-hydroxylation sites is 2. The highest BCUT2D eigenvalue weighted by molar-refractivity contribution is 5.75. The van der Waals surface area contributed by atoms with Crippen molar-refractivity contribution in [2.24, 2.45) is 5.73 Å². The Morgan fingerprint density at radius 1 is 1.32 bits per heavy atom. The third-order valence-electron chi connectivity index (χ3n) is 3.16. The standard InChI is InChI=1S/C15H23N3O/c1-3-9-18-14-8-6-5-7-13(14)17-15(18)10-12(16)11-19-4-2/h5-8,12H,3-4,9-11,16H2,1-2H3. The Morgan fingerprint density at radius 2 is 2.11 bits per heavy atom. The van der Waals surface area contributed by atoms with Crippen molar-refractivity contribution >= 4 is 11.0 Å². The molecule has 0 radical (unpaired) electrons.